The third-order valence-electron chi connectivity index (χ3n) is 4.63. The van der Waals surface area contributed by atoms with Gasteiger partial charge in [-0.25, -0.2) is 0 Å². The fourth-order valence-electron chi connectivity index (χ4n) is 3.26. The number of halogens is 1. The minimum atomic E-state index is -2.89. The second-order valence-corrected chi connectivity index (χ2v) is 19.8. The molecule has 0 aromatic carbocycles. The number of dihydropyridines is 1. The number of rotatable bonds is 10. The van der Waals surface area contributed by atoms with E-state index in [1.54, 1.807) is 0 Å². The first-order chi connectivity index (χ1) is 9.64. The second kappa shape index (κ2) is 9.11. The molecule has 0 bridgehead atoms. The van der Waals surface area contributed by atoms with Gasteiger partial charge in [0.1, 0.15) is 0 Å². The van der Waals surface area contributed by atoms with Gasteiger partial charge in [-0.05, 0) is 0 Å². The normalized spacial score (nSPS) is 22.0. The van der Waals surface area contributed by atoms with Crippen LogP contribution in [0.25, 0.3) is 0 Å². The van der Waals surface area contributed by atoms with Crippen molar-refractivity contribution >= 4 is 18.4 Å². The van der Waals surface area contributed by atoms with E-state index in [0.29, 0.717) is 0 Å². The van der Waals surface area contributed by atoms with Crippen molar-refractivity contribution in [3.63, 3.8) is 0 Å². The predicted molar refractivity (Wildman–Crippen MR) is 90.2 cm³/mol. The Hall–Kier alpha value is 0.00870. The van der Waals surface area contributed by atoms with E-state index >= 15 is 4.39 Å². The first kappa shape index (κ1) is 18.1. The fourth-order valence-corrected chi connectivity index (χ4v) is 19.7. The van der Waals surface area contributed by atoms with Gasteiger partial charge in [0, 0.05) is 0 Å². The Balaban J connectivity index is 2.98. The van der Waals surface area contributed by atoms with E-state index in [-0.39, 0.29) is 0 Å². The van der Waals surface area contributed by atoms with E-state index in [0.717, 1.165) is 0 Å². The van der Waals surface area contributed by atoms with Gasteiger partial charge in [-0.2, -0.15) is 0 Å². The Kier molecular flexibility index (Phi) is 8.23. The molecule has 0 fully saturated rings. The van der Waals surface area contributed by atoms with Crippen LogP contribution in [-0.2, 0) is 0 Å². The van der Waals surface area contributed by atoms with Crippen LogP contribution >= 0.6 is 0 Å². The maximum absolute atomic E-state index is 15.7. The molecule has 1 aliphatic heterocycles. The number of hydrogen-bond donors (Lipinski definition) is 1. The molecule has 20 heavy (non-hydrogen) atoms. The molecule has 1 unspecified atom stereocenters. The van der Waals surface area contributed by atoms with Gasteiger partial charge in [0.05, 0.1) is 0 Å². The molecule has 0 amide bonds. The zero-order valence-electron chi connectivity index (χ0n) is 13.6. The molecule has 1 aliphatic rings. The van der Waals surface area contributed by atoms with Crippen LogP contribution in [0.5, 0.6) is 0 Å². The summed E-state index contributed by atoms with van der Waals surface area (Å²) in [6.07, 6.45) is 14.6. The summed E-state index contributed by atoms with van der Waals surface area (Å²) in [4.78, 5) is 0. The van der Waals surface area contributed by atoms with Crippen LogP contribution in [0.3, 0.4) is 0 Å². The Labute approximate surface area is 129 Å². The molecule has 1 N–H and O–H groups in total. The second-order valence-electron chi connectivity index (χ2n) is 6.17. The fraction of sp³-hybridized carbons (Fsp3) is 0.765. The van der Waals surface area contributed by atoms with Crippen molar-refractivity contribution < 1.29 is 4.39 Å². The monoisotopic (exact) mass is 389 g/mol. The van der Waals surface area contributed by atoms with Gasteiger partial charge in [-0.3, -0.25) is 0 Å². The van der Waals surface area contributed by atoms with E-state index in [2.05, 4.69) is 26.1 Å². The van der Waals surface area contributed by atoms with Crippen LogP contribution in [0, 0.1) is 0 Å². The summed E-state index contributed by atoms with van der Waals surface area (Å²) in [7, 11) is 0. The molecule has 0 aromatic rings. The van der Waals surface area contributed by atoms with Gasteiger partial charge in [-0.15, -0.1) is 0 Å². The number of alkyl halides is 1. The van der Waals surface area contributed by atoms with Crippen molar-refractivity contribution in [2.75, 3.05) is 0 Å². The van der Waals surface area contributed by atoms with Crippen molar-refractivity contribution in [3.05, 3.63) is 24.4 Å². The van der Waals surface area contributed by atoms with Crippen molar-refractivity contribution in [3.8, 4) is 0 Å². The van der Waals surface area contributed by atoms with E-state index < -0.39 is 22.2 Å². The standard InChI is InChI=1S/C5H5FN.3C4H9.Sn/c6-5-3-1-2-4-7-5;3*1-3-4-2;/h1-4,7H;3*1,3-4H2,2H3;. The number of unbranched alkanes of at least 4 members (excludes halogenated alkanes) is 3. The van der Waals surface area contributed by atoms with Gasteiger partial charge in [0.2, 0.25) is 0 Å². The predicted octanol–water partition coefficient (Wildman–Crippen LogP) is 5.71. The van der Waals surface area contributed by atoms with Crippen LogP contribution in [0.4, 0.5) is 4.39 Å². The minimum absolute atomic E-state index is 1.16. The molecular formula is C17H32FNSn. The van der Waals surface area contributed by atoms with Crippen molar-refractivity contribution in [2.45, 2.75) is 76.4 Å². The Morgan fingerprint density at radius 3 is 1.75 bits per heavy atom. The molecule has 1 heterocycles. The van der Waals surface area contributed by atoms with Crippen LogP contribution in [-0.4, -0.2) is 22.2 Å². The number of hydrogen-bond acceptors (Lipinski definition) is 1. The third-order valence-corrected chi connectivity index (χ3v) is 21.1. The molecule has 0 saturated heterocycles. The van der Waals surface area contributed by atoms with Crippen molar-refractivity contribution in [1.82, 2.24) is 5.32 Å². The maximum atomic E-state index is 15.7. The number of allylic oxidation sites excluding steroid dienone is 2. The zero-order chi connectivity index (χ0) is 14.9. The SMILES string of the molecule is CCC[CH2][Sn]([CH2]CCC)([CH2]CCC)[C]1(F)C=CC=CN1. The van der Waals surface area contributed by atoms with E-state index in [1.165, 1.54) is 51.8 Å². The quantitative estimate of drug-likeness (QED) is 0.373. The first-order valence-electron chi connectivity index (χ1n) is 8.45. The molecule has 0 aliphatic carbocycles. The molecule has 0 aromatic heterocycles. The number of nitrogens with one attached hydrogen (secondary N) is 1. The van der Waals surface area contributed by atoms with Crippen molar-refractivity contribution in [2.24, 2.45) is 0 Å². The van der Waals surface area contributed by atoms with E-state index in [9.17, 15) is 0 Å². The molecule has 0 spiro atoms. The van der Waals surface area contributed by atoms with Gasteiger partial charge >= 0.3 is 129 Å². The van der Waals surface area contributed by atoms with E-state index in [1.807, 2.05) is 24.4 Å². The van der Waals surface area contributed by atoms with Gasteiger partial charge < -0.3 is 0 Å². The van der Waals surface area contributed by atoms with Gasteiger partial charge in [-0.1, -0.05) is 0 Å². The Bertz CT molecular complexity index is 305. The molecule has 116 valence electrons. The molecule has 0 radical (unpaired) electrons. The zero-order valence-corrected chi connectivity index (χ0v) is 16.4. The molecule has 3 heteroatoms. The molecule has 1 rings (SSSR count). The summed E-state index contributed by atoms with van der Waals surface area (Å²) in [5.41, 5.74) is 0. The van der Waals surface area contributed by atoms with Gasteiger partial charge in [0.25, 0.3) is 0 Å². The van der Waals surface area contributed by atoms with Crippen LogP contribution in [0.1, 0.15) is 59.3 Å². The summed E-state index contributed by atoms with van der Waals surface area (Å²) >= 11 is -2.89. The Morgan fingerprint density at radius 2 is 1.40 bits per heavy atom. The van der Waals surface area contributed by atoms with Gasteiger partial charge in [0.15, 0.2) is 0 Å². The van der Waals surface area contributed by atoms with Crippen LogP contribution in [0.15, 0.2) is 24.4 Å². The molecule has 0 saturated carbocycles. The first-order valence-corrected chi connectivity index (χ1v) is 15.9. The Morgan fingerprint density at radius 1 is 0.900 bits per heavy atom. The van der Waals surface area contributed by atoms with Crippen LogP contribution in [0.2, 0.25) is 13.3 Å². The molecule has 1 atom stereocenters. The summed E-state index contributed by atoms with van der Waals surface area (Å²) in [6.45, 7) is 6.68. The average Bonchev–Trinajstić information content (AvgIpc) is 2.47. The topological polar surface area (TPSA) is 12.0 Å². The summed E-state index contributed by atoms with van der Waals surface area (Å²) in [5.74, 6) is 0. The van der Waals surface area contributed by atoms with E-state index in [4.69, 9.17) is 0 Å². The van der Waals surface area contributed by atoms with Crippen molar-refractivity contribution in [1.29, 1.82) is 0 Å². The molecular weight excluding hydrogens is 356 g/mol. The van der Waals surface area contributed by atoms with Crippen LogP contribution < -0.4 is 5.32 Å². The summed E-state index contributed by atoms with van der Waals surface area (Å²) < 4.78 is 18.1. The molecule has 1 nitrogen and oxygen atoms in total. The summed E-state index contributed by atoms with van der Waals surface area (Å²) in [6, 6.07) is 0. The third kappa shape index (κ3) is 4.50. The summed E-state index contributed by atoms with van der Waals surface area (Å²) in [5, 5.41) is 3.12. The average molecular weight is 388 g/mol.